The second kappa shape index (κ2) is 25.6. The highest BCUT2D eigenvalue weighted by molar-refractivity contribution is 6.89. The Labute approximate surface area is 362 Å². The average Bonchev–Trinajstić information content (AvgIpc) is 3.03. The maximum absolute atomic E-state index is 14.7. The summed E-state index contributed by atoms with van der Waals surface area (Å²) in [5.41, 5.74) is -0.253. The van der Waals surface area contributed by atoms with Crippen molar-refractivity contribution in [3.8, 4) is 23.0 Å². The Bertz CT molecular complexity index is 1710. The average molecular weight is 921 g/mol. The van der Waals surface area contributed by atoms with E-state index in [1.165, 1.54) is 6.07 Å². The monoisotopic (exact) mass is 920 g/mol. The number of carbonyl (C=O) groups is 2. The lowest BCUT2D eigenvalue weighted by molar-refractivity contribution is -0.274. The SMILES string of the molecule is C.C.C.C.C[Si](C)(C)O[Si](C)(C)O[Si](C)(CCCCCCCCCOc1ccc(C(=O)Oc2ccc(C(=O)Oc3ccc(OC(F)(F)F)cc3)c(F)c2)cc1)O[Si](C)(C)C. The Morgan fingerprint density at radius 1 is 0.550 bits per heavy atom. The van der Waals surface area contributed by atoms with E-state index in [-0.39, 0.29) is 46.8 Å². The van der Waals surface area contributed by atoms with Crippen molar-refractivity contribution in [2.75, 3.05) is 6.61 Å². The van der Waals surface area contributed by atoms with Crippen LogP contribution in [0.4, 0.5) is 17.6 Å². The van der Waals surface area contributed by atoms with Crippen LogP contribution in [0.3, 0.4) is 0 Å². The second-order valence-corrected chi connectivity index (χ2v) is 32.6. The molecule has 9 nitrogen and oxygen atoms in total. The van der Waals surface area contributed by atoms with Crippen molar-refractivity contribution >= 4 is 45.7 Å². The van der Waals surface area contributed by atoms with E-state index in [4.69, 9.17) is 26.6 Å². The van der Waals surface area contributed by atoms with Gasteiger partial charge in [0.2, 0.25) is 0 Å². The van der Waals surface area contributed by atoms with Crippen molar-refractivity contribution in [1.29, 1.82) is 0 Å². The third kappa shape index (κ3) is 23.0. The quantitative estimate of drug-likeness (QED) is 0.0321. The van der Waals surface area contributed by atoms with Gasteiger partial charge in [0.05, 0.1) is 17.7 Å². The Morgan fingerprint density at radius 2 is 1.02 bits per heavy atom. The van der Waals surface area contributed by atoms with Gasteiger partial charge < -0.3 is 31.3 Å². The molecule has 0 saturated carbocycles. The zero-order valence-electron chi connectivity index (χ0n) is 33.9. The molecule has 0 heterocycles. The maximum Gasteiger partial charge on any atom is 0.573 e. The van der Waals surface area contributed by atoms with E-state index in [1.54, 1.807) is 24.3 Å². The summed E-state index contributed by atoms with van der Waals surface area (Å²) in [5.74, 6) is -3.03. The number of hydrogen-bond donors (Lipinski definition) is 0. The van der Waals surface area contributed by atoms with Crippen molar-refractivity contribution in [1.82, 2.24) is 0 Å². The molecule has 0 saturated heterocycles. The van der Waals surface area contributed by atoms with Gasteiger partial charge in [0, 0.05) is 6.07 Å². The van der Waals surface area contributed by atoms with E-state index in [0.717, 1.165) is 87.4 Å². The van der Waals surface area contributed by atoms with Crippen molar-refractivity contribution in [3.05, 3.63) is 83.7 Å². The molecule has 0 N–H and O–H groups in total. The van der Waals surface area contributed by atoms with Crippen molar-refractivity contribution in [2.24, 2.45) is 0 Å². The van der Waals surface area contributed by atoms with Gasteiger partial charge in [-0.25, -0.2) is 14.0 Å². The third-order valence-electron chi connectivity index (χ3n) is 7.81. The Balaban J connectivity index is 0. The van der Waals surface area contributed by atoms with Gasteiger partial charge in [-0.15, -0.1) is 13.2 Å². The zero-order valence-corrected chi connectivity index (χ0v) is 37.9. The van der Waals surface area contributed by atoms with Crippen molar-refractivity contribution in [2.45, 2.75) is 146 Å². The molecule has 0 aliphatic rings. The van der Waals surface area contributed by atoms with Crippen LogP contribution in [0.15, 0.2) is 66.7 Å². The Morgan fingerprint density at radius 3 is 1.53 bits per heavy atom. The van der Waals surface area contributed by atoms with Gasteiger partial charge in [0.15, 0.2) is 16.6 Å². The first-order chi connectivity index (χ1) is 25.9. The summed E-state index contributed by atoms with van der Waals surface area (Å²) < 4.78 is 91.7. The van der Waals surface area contributed by atoms with Crippen LogP contribution in [-0.2, 0) is 12.3 Å². The van der Waals surface area contributed by atoms with Gasteiger partial charge in [-0.3, -0.25) is 0 Å². The Kier molecular flexibility index (Phi) is 25.0. The number of esters is 2. The molecule has 1 atom stereocenters. The topological polar surface area (TPSA) is 98.8 Å². The standard InChI is InChI=1S/C39H56F4O9Si4.4CH4/c1-53(2,3)50-55(7,8)52-56(9,51-54(4,5)6)28-16-14-12-10-11-13-15-27-46-31-19-17-30(18-20-31)37(44)48-34-25-26-35(36(40)29-34)38(45)47-32-21-23-33(24-22-32)49-39(41,42)43;;;;/h17-26,29H,10-16,27-28H2,1-9H3;4*1H4. The summed E-state index contributed by atoms with van der Waals surface area (Å²) in [4.78, 5) is 25.1. The van der Waals surface area contributed by atoms with E-state index in [9.17, 15) is 27.2 Å². The molecule has 0 aliphatic heterocycles. The summed E-state index contributed by atoms with van der Waals surface area (Å²) in [6, 6.07) is 14.6. The van der Waals surface area contributed by atoms with Crippen LogP contribution in [0.25, 0.3) is 0 Å². The number of hydrogen-bond acceptors (Lipinski definition) is 9. The number of benzene rings is 3. The molecule has 60 heavy (non-hydrogen) atoms. The van der Waals surface area contributed by atoms with E-state index in [1.807, 2.05) is 0 Å². The first-order valence-electron chi connectivity index (χ1n) is 18.8. The smallest absolute Gasteiger partial charge is 0.494 e. The van der Waals surface area contributed by atoms with Crippen LogP contribution < -0.4 is 18.9 Å². The Hall–Kier alpha value is -3.33. The number of rotatable bonds is 22. The molecule has 3 aromatic rings. The predicted octanol–water partition coefficient (Wildman–Crippen LogP) is 14.3. The van der Waals surface area contributed by atoms with E-state index in [2.05, 4.69) is 63.7 Å². The predicted molar refractivity (Wildman–Crippen MR) is 244 cm³/mol. The van der Waals surface area contributed by atoms with Gasteiger partial charge >= 0.3 is 35.4 Å². The van der Waals surface area contributed by atoms with Crippen molar-refractivity contribution < 1.29 is 58.4 Å². The van der Waals surface area contributed by atoms with Crippen LogP contribution in [-0.4, -0.2) is 58.7 Å². The molecule has 0 fully saturated rings. The summed E-state index contributed by atoms with van der Waals surface area (Å²) in [6.07, 6.45) is 2.75. The molecule has 17 heteroatoms. The summed E-state index contributed by atoms with van der Waals surface area (Å²) in [6.45, 7) is 20.4. The van der Waals surface area contributed by atoms with Crippen LogP contribution in [0, 0.1) is 5.82 Å². The molecular formula is C43H72F4O9Si4. The minimum absolute atomic E-state index is 0. The molecule has 0 radical (unpaired) electrons. The first-order valence-corrected chi connectivity index (χ1v) is 31.0. The highest BCUT2D eigenvalue weighted by atomic mass is 28.5. The van der Waals surface area contributed by atoms with Gasteiger partial charge in [0.1, 0.15) is 28.8 Å². The highest BCUT2D eigenvalue weighted by Gasteiger charge is 2.44. The van der Waals surface area contributed by atoms with Gasteiger partial charge in [-0.05, 0) is 132 Å². The van der Waals surface area contributed by atoms with Gasteiger partial charge in [-0.2, -0.15) is 0 Å². The summed E-state index contributed by atoms with van der Waals surface area (Å²) in [5, 5.41) is 0. The van der Waals surface area contributed by atoms with Crippen molar-refractivity contribution in [3.63, 3.8) is 0 Å². The molecule has 342 valence electrons. The van der Waals surface area contributed by atoms with Crippen LogP contribution in [0.2, 0.25) is 65.0 Å². The molecule has 0 aromatic heterocycles. The number of halogens is 4. The molecule has 0 aliphatic carbocycles. The van der Waals surface area contributed by atoms with Crippen LogP contribution in [0.5, 0.6) is 23.0 Å². The van der Waals surface area contributed by atoms with E-state index < -0.39 is 69.2 Å². The highest BCUT2D eigenvalue weighted by Crippen LogP contribution is 2.29. The fourth-order valence-corrected chi connectivity index (χ4v) is 24.2. The molecule has 3 rings (SSSR count). The second-order valence-electron chi connectivity index (χ2n) is 16.1. The number of alkyl halides is 3. The lowest BCUT2D eigenvalue weighted by Crippen LogP contribution is -2.56. The largest absolute Gasteiger partial charge is 0.573 e. The van der Waals surface area contributed by atoms with Gasteiger partial charge in [-0.1, -0.05) is 68.2 Å². The lowest BCUT2D eigenvalue weighted by Gasteiger charge is -2.41. The minimum atomic E-state index is -4.87. The third-order valence-corrected chi connectivity index (χ3v) is 21.4. The van der Waals surface area contributed by atoms with Crippen LogP contribution >= 0.6 is 0 Å². The zero-order chi connectivity index (χ0) is 41.8. The molecule has 0 amide bonds. The molecule has 1 unspecified atom stereocenters. The fraction of sp³-hybridized carbons (Fsp3) is 0.535. The number of ether oxygens (including phenoxy) is 4. The lowest BCUT2D eigenvalue weighted by atomic mass is 10.1. The maximum atomic E-state index is 14.7. The number of carbonyl (C=O) groups excluding carboxylic acids is 2. The molecule has 3 aromatic carbocycles. The molecular weight excluding hydrogens is 849 g/mol. The first kappa shape index (κ1) is 58.8. The van der Waals surface area contributed by atoms with Crippen LogP contribution in [0.1, 0.15) is 95.4 Å². The number of unbranched alkanes of at least 4 members (excludes halogenated alkanes) is 6. The molecule has 0 bridgehead atoms. The van der Waals surface area contributed by atoms with Gasteiger partial charge in [0.25, 0.3) is 0 Å². The normalized spacial score (nSPS) is 12.6. The fourth-order valence-electron chi connectivity index (χ4n) is 6.12. The van der Waals surface area contributed by atoms with E-state index in [0.29, 0.717) is 12.4 Å². The summed E-state index contributed by atoms with van der Waals surface area (Å²) in [7, 11) is -8.14. The minimum Gasteiger partial charge on any atom is -0.494 e. The molecule has 0 spiro atoms. The van der Waals surface area contributed by atoms with E-state index >= 15 is 0 Å². The summed E-state index contributed by atoms with van der Waals surface area (Å²) >= 11 is 0.